The van der Waals surface area contributed by atoms with E-state index in [0.29, 0.717) is 0 Å². The van der Waals surface area contributed by atoms with Gasteiger partial charge in [0.05, 0.1) is 0 Å². The van der Waals surface area contributed by atoms with Crippen LogP contribution in [0.15, 0.2) is 26.8 Å². The van der Waals surface area contributed by atoms with Crippen molar-refractivity contribution in [3.05, 3.63) is 26.8 Å². The van der Waals surface area contributed by atoms with Gasteiger partial charge in [0.1, 0.15) is 0 Å². The van der Waals surface area contributed by atoms with E-state index in [1.165, 1.54) is 0 Å². The van der Waals surface area contributed by atoms with Gasteiger partial charge in [-0.25, -0.2) is 0 Å². The van der Waals surface area contributed by atoms with E-state index in [9.17, 15) is 0 Å². The predicted octanol–water partition coefficient (Wildman–Crippen LogP) is 6.26. The molecule has 0 atom stereocenters. The minimum atomic E-state index is 0.976. The zero-order valence-electron chi connectivity index (χ0n) is 5.27. The molecule has 0 aliphatic rings. The Hall–Kier alpha value is 2.10. The van der Waals surface area contributed by atoms with Gasteiger partial charge >= 0.3 is 0 Å². The molecular weight excluding hydrogens is 557 g/mol. The molecular formula is C6Br6. The maximum absolute atomic E-state index is 3.44. The van der Waals surface area contributed by atoms with Gasteiger partial charge in [0.15, 0.2) is 0 Å². The monoisotopic (exact) mass is 552 g/mol. The predicted molar refractivity (Wildman–Crippen MR) is 72.6 cm³/mol. The lowest BCUT2D eigenvalue weighted by Gasteiger charge is -2.08. The van der Waals surface area contributed by atoms with Gasteiger partial charge in [-0.3, -0.25) is 0 Å². The second-order valence-corrected chi connectivity index (χ2v) is 6.64. The lowest BCUT2D eigenvalue weighted by Crippen LogP contribution is -1.81. The smallest absolute Gasteiger partial charge is 0.0483 e. The van der Waals surface area contributed by atoms with Crippen LogP contribution in [0, 0.1) is 0 Å². The van der Waals surface area contributed by atoms with Crippen molar-refractivity contribution in [3.63, 3.8) is 0 Å². The molecule has 0 aliphatic carbocycles. The maximum atomic E-state index is 3.44. The van der Waals surface area contributed by atoms with E-state index in [0.717, 1.165) is 26.8 Å². The van der Waals surface area contributed by atoms with Gasteiger partial charge in [-0.2, -0.15) is 0 Å². The molecule has 0 amide bonds. The molecule has 0 bridgehead atoms. The average molecular weight is 557 g/mol. The quantitative estimate of drug-likeness (QED) is 0.261. The topological polar surface area (TPSA) is 0 Å². The first-order valence-electron chi connectivity index (χ1n) is 2.63. The van der Waals surface area contributed by atoms with Crippen LogP contribution in [0.1, 0.15) is 0 Å². The van der Waals surface area contributed by atoms with Crippen LogP contribution in [0.2, 0.25) is 0 Å². The van der Waals surface area contributed by atoms with E-state index in [-0.39, 0.29) is 0 Å². The average Bonchev–Trinajstić information content (AvgIpc) is 2.08. The zero-order chi connectivity index (χ0) is 9.46. The van der Waals surface area contributed by atoms with E-state index in [1.54, 1.807) is 0 Å². The number of rotatable bonds is 0. The standard InChI is InChI=1S/C6Br6/c7-1-2(8)4(10)6(12)5(11)3(1)9/i1+1,2+1,3+1,4+1,5+1,6+1. The van der Waals surface area contributed by atoms with Crippen LogP contribution < -0.4 is 0 Å². The molecule has 0 spiro atoms. The van der Waals surface area contributed by atoms with Gasteiger partial charge in [0.25, 0.3) is 0 Å². The Morgan fingerprint density at radius 3 is 0.500 bits per heavy atom. The SMILES string of the molecule is Br[13c]1[13c](Br)[13c](Br)[13c](Br)[13c](Br)[13c]1Br. The number of hydrogen-bond donors (Lipinski definition) is 0. The van der Waals surface area contributed by atoms with Crippen molar-refractivity contribution >= 4 is 95.6 Å². The minimum Gasteiger partial charge on any atom is -0.0483 e. The lowest BCUT2D eigenvalue weighted by molar-refractivity contribution is 1.42. The maximum Gasteiger partial charge on any atom is 0.0483 e. The van der Waals surface area contributed by atoms with Crippen molar-refractivity contribution in [3.8, 4) is 0 Å². The Balaban J connectivity index is 3.60. The van der Waals surface area contributed by atoms with Crippen molar-refractivity contribution in [2.45, 2.75) is 0 Å². The van der Waals surface area contributed by atoms with Crippen LogP contribution in [0.25, 0.3) is 0 Å². The summed E-state index contributed by atoms with van der Waals surface area (Å²) in [4.78, 5) is 0. The molecule has 1 aromatic carbocycles. The summed E-state index contributed by atoms with van der Waals surface area (Å²) in [5, 5.41) is 0. The normalized spacial score (nSPS) is 10.5. The van der Waals surface area contributed by atoms with Crippen molar-refractivity contribution < 1.29 is 0 Å². The Kier molecular flexibility index (Phi) is 4.81. The summed E-state index contributed by atoms with van der Waals surface area (Å²) in [6, 6.07) is 0. The third kappa shape index (κ3) is 2.19. The molecule has 12 heavy (non-hydrogen) atoms. The van der Waals surface area contributed by atoms with Crippen molar-refractivity contribution in [2.75, 3.05) is 0 Å². The van der Waals surface area contributed by atoms with Crippen LogP contribution in [0.5, 0.6) is 0 Å². The lowest BCUT2D eigenvalue weighted by atomic mass is 11.4. The Labute approximate surface area is 121 Å². The van der Waals surface area contributed by atoms with Gasteiger partial charge in [-0.15, -0.1) is 0 Å². The molecule has 1 rings (SSSR count). The van der Waals surface area contributed by atoms with Crippen LogP contribution in [0.3, 0.4) is 0 Å². The molecule has 0 aromatic heterocycles. The van der Waals surface area contributed by atoms with Crippen LogP contribution >= 0.6 is 95.6 Å². The molecule has 66 valence electrons. The molecule has 0 heterocycles. The molecule has 0 aliphatic heterocycles. The van der Waals surface area contributed by atoms with Crippen molar-refractivity contribution in [1.82, 2.24) is 0 Å². The molecule has 1 aromatic rings. The summed E-state index contributed by atoms with van der Waals surface area (Å²) >= 11 is 20.6. The summed E-state index contributed by atoms with van der Waals surface area (Å²) in [7, 11) is 0. The highest BCUT2D eigenvalue weighted by Gasteiger charge is 2.15. The van der Waals surface area contributed by atoms with Gasteiger partial charge in [-0.05, 0) is 95.6 Å². The largest absolute Gasteiger partial charge is 0.0483 e. The number of hydrogen-bond acceptors (Lipinski definition) is 0. The van der Waals surface area contributed by atoms with Crippen LogP contribution in [-0.2, 0) is 0 Å². The number of benzene rings is 1. The van der Waals surface area contributed by atoms with E-state index >= 15 is 0 Å². The van der Waals surface area contributed by atoms with Crippen LogP contribution in [0.4, 0.5) is 0 Å². The fourth-order valence-corrected chi connectivity index (χ4v) is 4.55. The van der Waals surface area contributed by atoms with Crippen LogP contribution in [-0.4, -0.2) is 0 Å². The first kappa shape index (κ1) is 12.2. The summed E-state index contributed by atoms with van der Waals surface area (Å²) in [6.07, 6.45) is 0. The summed E-state index contributed by atoms with van der Waals surface area (Å²) in [6.45, 7) is 0. The summed E-state index contributed by atoms with van der Waals surface area (Å²) in [5.41, 5.74) is 0. The molecule has 6 heteroatoms. The van der Waals surface area contributed by atoms with E-state index in [2.05, 4.69) is 95.6 Å². The molecule has 0 saturated heterocycles. The molecule has 0 fully saturated rings. The number of halogens is 6. The van der Waals surface area contributed by atoms with Gasteiger partial charge in [0.2, 0.25) is 0 Å². The van der Waals surface area contributed by atoms with Gasteiger partial charge in [0, 0.05) is 26.8 Å². The second kappa shape index (κ2) is 4.75. The van der Waals surface area contributed by atoms with Crippen molar-refractivity contribution in [1.29, 1.82) is 0 Å². The highest BCUT2D eigenvalue weighted by Crippen LogP contribution is 2.46. The molecule has 0 nitrogen and oxygen atoms in total. The molecule has 0 saturated carbocycles. The second-order valence-electron chi connectivity index (χ2n) is 1.88. The molecule has 0 unspecified atom stereocenters. The summed E-state index contributed by atoms with van der Waals surface area (Å²) < 4.78 is 5.86. The third-order valence-corrected chi connectivity index (χ3v) is 9.11. The third-order valence-electron chi connectivity index (χ3n) is 1.16. The Morgan fingerprint density at radius 2 is 0.417 bits per heavy atom. The first-order valence-corrected chi connectivity index (χ1v) is 7.39. The van der Waals surface area contributed by atoms with E-state index < -0.39 is 0 Å². The molecule has 0 radical (unpaired) electrons. The van der Waals surface area contributed by atoms with Gasteiger partial charge < -0.3 is 0 Å². The highest BCUT2D eigenvalue weighted by molar-refractivity contribution is 9.16. The zero-order valence-corrected chi connectivity index (χ0v) is 14.8. The fraction of sp³-hybridized carbons (Fsp3) is 0. The Bertz CT molecular complexity index is 226. The fourth-order valence-electron chi connectivity index (χ4n) is 0.578. The first-order chi connectivity index (χ1) is 5.46. The Morgan fingerprint density at radius 1 is 0.333 bits per heavy atom. The minimum absolute atomic E-state index is 0.976. The highest BCUT2D eigenvalue weighted by atomic mass is 79.9. The van der Waals surface area contributed by atoms with Gasteiger partial charge in [-0.1, -0.05) is 0 Å². The van der Waals surface area contributed by atoms with Crippen molar-refractivity contribution in [2.24, 2.45) is 0 Å². The summed E-state index contributed by atoms with van der Waals surface area (Å²) in [5.74, 6) is 0. The van der Waals surface area contributed by atoms with E-state index in [4.69, 9.17) is 0 Å². The van der Waals surface area contributed by atoms with E-state index in [1.807, 2.05) is 0 Å². The molecule has 0 N–H and O–H groups in total.